The topological polar surface area (TPSA) is 95.9 Å². The molecule has 1 saturated heterocycles. The first-order valence-corrected chi connectivity index (χ1v) is 6.87. The van der Waals surface area contributed by atoms with Gasteiger partial charge in [0.1, 0.15) is 5.60 Å². The number of hydrogen-bond acceptors (Lipinski definition) is 4. The Balaban J connectivity index is 2.37. The Labute approximate surface area is 123 Å². The normalized spacial score (nSPS) is 16.8. The van der Waals surface area contributed by atoms with Crippen molar-refractivity contribution in [3.63, 3.8) is 0 Å². The zero-order valence-electron chi connectivity index (χ0n) is 12.6. The number of amides is 2. The van der Waals surface area contributed by atoms with Gasteiger partial charge in [0.2, 0.25) is 5.91 Å². The maximum absolute atomic E-state index is 11.7. The number of carboxylic acid groups (broad SMARTS) is 1. The number of ether oxygens (including phenoxy) is 1. The molecule has 1 rings (SSSR count). The molecule has 1 aliphatic heterocycles. The number of carbonyl (C=O) groups is 3. The summed E-state index contributed by atoms with van der Waals surface area (Å²) in [6.45, 7) is 6.33. The molecule has 21 heavy (non-hydrogen) atoms. The number of alkyl carbamates (subject to hydrolysis) is 1. The zero-order chi connectivity index (χ0) is 16.0. The Morgan fingerprint density at radius 3 is 2.24 bits per heavy atom. The molecule has 2 amide bonds. The van der Waals surface area contributed by atoms with Gasteiger partial charge in [0.15, 0.2) is 0 Å². The summed E-state index contributed by atoms with van der Waals surface area (Å²) in [5.41, 5.74) is -0.539. The minimum absolute atomic E-state index is 0.0349. The lowest BCUT2D eigenvalue weighted by molar-refractivity contribution is -0.132. The Morgan fingerprint density at radius 1 is 1.19 bits per heavy atom. The summed E-state index contributed by atoms with van der Waals surface area (Å²) in [5.74, 6) is -1.47. The Bertz CT molecular complexity index is 431. The fourth-order valence-electron chi connectivity index (χ4n) is 1.97. The predicted octanol–water partition coefficient (Wildman–Crippen LogP) is 1.14. The molecule has 0 unspecified atom stereocenters. The number of nitrogens with one attached hydrogen (secondary N) is 1. The molecule has 0 radical (unpaired) electrons. The third kappa shape index (κ3) is 6.78. The first-order valence-electron chi connectivity index (χ1n) is 6.87. The van der Waals surface area contributed by atoms with Crippen LogP contribution < -0.4 is 5.32 Å². The van der Waals surface area contributed by atoms with Crippen molar-refractivity contribution in [1.29, 1.82) is 0 Å². The highest BCUT2D eigenvalue weighted by atomic mass is 16.6. The summed E-state index contributed by atoms with van der Waals surface area (Å²) < 4.78 is 5.17. The second-order valence-electron chi connectivity index (χ2n) is 5.92. The molecule has 0 spiro atoms. The van der Waals surface area contributed by atoms with Crippen molar-refractivity contribution in [2.75, 3.05) is 13.1 Å². The molecule has 7 heteroatoms. The van der Waals surface area contributed by atoms with Crippen molar-refractivity contribution in [2.24, 2.45) is 0 Å². The van der Waals surface area contributed by atoms with Crippen LogP contribution in [0.5, 0.6) is 0 Å². The van der Waals surface area contributed by atoms with Crippen molar-refractivity contribution in [1.82, 2.24) is 10.2 Å². The molecule has 7 nitrogen and oxygen atoms in total. The molecular weight excluding hydrogens is 276 g/mol. The van der Waals surface area contributed by atoms with E-state index in [-0.39, 0.29) is 11.9 Å². The van der Waals surface area contributed by atoms with Crippen LogP contribution in [0.25, 0.3) is 0 Å². The molecule has 0 atom stereocenters. The van der Waals surface area contributed by atoms with Crippen LogP contribution >= 0.6 is 0 Å². The van der Waals surface area contributed by atoms with Gasteiger partial charge in [-0.3, -0.25) is 4.79 Å². The van der Waals surface area contributed by atoms with E-state index in [1.165, 1.54) is 0 Å². The second-order valence-corrected chi connectivity index (χ2v) is 5.92. The van der Waals surface area contributed by atoms with Gasteiger partial charge in [-0.25, -0.2) is 9.59 Å². The molecule has 0 saturated carbocycles. The zero-order valence-corrected chi connectivity index (χ0v) is 12.6. The lowest BCUT2D eigenvalue weighted by Gasteiger charge is -2.32. The summed E-state index contributed by atoms with van der Waals surface area (Å²) in [6, 6.07) is -0.0349. The molecular formula is C14H22N2O5. The standard InChI is InChI=1S/C14H22N2O5/c1-14(2,3)21-13(20)15-10-6-8-16(9-7-10)11(17)4-5-12(18)19/h4-5,10H,6-9H2,1-3H3,(H,15,20)(H,18,19). The number of piperidine rings is 1. The number of aliphatic carboxylic acids is 1. The number of carbonyl (C=O) groups excluding carboxylic acids is 2. The first-order chi connectivity index (χ1) is 9.67. The summed E-state index contributed by atoms with van der Waals surface area (Å²) in [6.07, 6.45) is 2.65. The third-order valence-corrected chi connectivity index (χ3v) is 2.90. The molecule has 1 fully saturated rings. The van der Waals surface area contributed by atoms with Gasteiger partial charge in [0.25, 0.3) is 0 Å². The van der Waals surface area contributed by atoms with Crippen LogP contribution in [0.15, 0.2) is 12.2 Å². The van der Waals surface area contributed by atoms with Gasteiger partial charge in [0.05, 0.1) is 0 Å². The fourth-order valence-corrected chi connectivity index (χ4v) is 1.97. The van der Waals surface area contributed by atoms with Crippen molar-refractivity contribution in [3.8, 4) is 0 Å². The molecule has 0 aromatic carbocycles. The van der Waals surface area contributed by atoms with Crippen molar-refractivity contribution >= 4 is 18.0 Å². The van der Waals surface area contributed by atoms with E-state index in [2.05, 4.69) is 5.32 Å². The van der Waals surface area contributed by atoms with Gasteiger partial charge < -0.3 is 20.1 Å². The van der Waals surface area contributed by atoms with Gasteiger partial charge in [-0.05, 0) is 33.6 Å². The average Bonchev–Trinajstić information content (AvgIpc) is 2.34. The monoisotopic (exact) mass is 298 g/mol. The van der Waals surface area contributed by atoms with Crippen LogP contribution in [-0.2, 0) is 14.3 Å². The van der Waals surface area contributed by atoms with Gasteiger partial charge in [-0.2, -0.15) is 0 Å². The quantitative estimate of drug-likeness (QED) is 0.762. The van der Waals surface area contributed by atoms with E-state index >= 15 is 0 Å². The summed E-state index contributed by atoms with van der Waals surface area (Å²) >= 11 is 0. The Hall–Kier alpha value is -2.05. The average molecular weight is 298 g/mol. The first kappa shape index (κ1) is 17.0. The van der Waals surface area contributed by atoms with Crippen LogP contribution in [-0.4, -0.2) is 52.7 Å². The summed E-state index contributed by atoms with van der Waals surface area (Å²) in [7, 11) is 0. The van der Waals surface area contributed by atoms with Gasteiger partial charge in [0, 0.05) is 31.3 Å². The maximum atomic E-state index is 11.7. The van der Waals surface area contributed by atoms with Crippen LogP contribution in [0.4, 0.5) is 4.79 Å². The Morgan fingerprint density at radius 2 is 1.76 bits per heavy atom. The minimum atomic E-state index is -1.15. The SMILES string of the molecule is CC(C)(C)OC(=O)NC1CCN(C(=O)C=CC(=O)O)CC1. The number of hydrogen-bond donors (Lipinski definition) is 2. The minimum Gasteiger partial charge on any atom is -0.478 e. The highest BCUT2D eigenvalue weighted by Gasteiger charge is 2.24. The molecule has 0 aromatic heterocycles. The van der Waals surface area contributed by atoms with Crippen molar-refractivity contribution < 1.29 is 24.2 Å². The largest absolute Gasteiger partial charge is 0.478 e. The van der Waals surface area contributed by atoms with Crippen molar-refractivity contribution in [2.45, 2.75) is 45.3 Å². The third-order valence-electron chi connectivity index (χ3n) is 2.90. The van der Waals surface area contributed by atoms with E-state index in [0.29, 0.717) is 25.9 Å². The predicted molar refractivity (Wildman–Crippen MR) is 75.7 cm³/mol. The van der Waals surface area contributed by atoms with Gasteiger partial charge in [-0.1, -0.05) is 0 Å². The summed E-state index contributed by atoms with van der Waals surface area (Å²) in [5, 5.41) is 11.2. The fraction of sp³-hybridized carbons (Fsp3) is 0.643. The molecule has 2 N–H and O–H groups in total. The second kappa shape index (κ2) is 7.10. The number of nitrogens with zero attached hydrogens (tertiary/aromatic N) is 1. The lowest BCUT2D eigenvalue weighted by Crippen LogP contribution is -2.47. The van der Waals surface area contributed by atoms with E-state index in [0.717, 1.165) is 12.2 Å². The maximum Gasteiger partial charge on any atom is 0.407 e. The molecule has 0 aliphatic carbocycles. The van der Waals surface area contributed by atoms with E-state index in [1.54, 1.807) is 25.7 Å². The van der Waals surface area contributed by atoms with E-state index in [9.17, 15) is 14.4 Å². The van der Waals surface area contributed by atoms with E-state index < -0.39 is 17.7 Å². The highest BCUT2D eigenvalue weighted by molar-refractivity contribution is 5.93. The van der Waals surface area contributed by atoms with Crippen LogP contribution in [0.1, 0.15) is 33.6 Å². The number of carboxylic acids is 1. The number of likely N-dealkylation sites (tertiary alicyclic amines) is 1. The smallest absolute Gasteiger partial charge is 0.407 e. The van der Waals surface area contributed by atoms with E-state index in [1.807, 2.05) is 0 Å². The molecule has 1 aliphatic rings. The summed E-state index contributed by atoms with van der Waals surface area (Å²) in [4.78, 5) is 35.2. The van der Waals surface area contributed by atoms with Crippen LogP contribution in [0.2, 0.25) is 0 Å². The van der Waals surface area contributed by atoms with Gasteiger partial charge in [-0.15, -0.1) is 0 Å². The molecule has 0 bridgehead atoms. The lowest BCUT2D eigenvalue weighted by atomic mass is 10.1. The molecule has 118 valence electrons. The van der Waals surface area contributed by atoms with Crippen LogP contribution in [0.3, 0.4) is 0 Å². The number of rotatable bonds is 3. The Kier molecular flexibility index (Phi) is 5.75. The van der Waals surface area contributed by atoms with Crippen LogP contribution in [0, 0.1) is 0 Å². The molecule has 1 heterocycles. The highest BCUT2D eigenvalue weighted by Crippen LogP contribution is 2.12. The van der Waals surface area contributed by atoms with Crippen molar-refractivity contribution in [3.05, 3.63) is 12.2 Å². The van der Waals surface area contributed by atoms with E-state index in [4.69, 9.17) is 9.84 Å². The molecule has 0 aromatic rings. The van der Waals surface area contributed by atoms with Gasteiger partial charge >= 0.3 is 12.1 Å².